The van der Waals surface area contributed by atoms with Gasteiger partial charge >= 0.3 is 0 Å². The van der Waals surface area contributed by atoms with E-state index in [0.717, 1.165) is 4.88 Å². The number of rotatable bonds is 7. The van der Waals surface area contributed by atoms with Gasteiger partial charge in [-0.2, -0.15) is 4.98 Å². The molecule has 0 unspecified atom stereocenters. The van der Waals surface area contributed by atoms with Gasteiger partial charge in [-0.25, -0.2) is 23.5 Å². The van der Waals surface area contributed by atoms with Crippen molar-refractivity contribution in [1.29, 1.82) is 0 Å². The van der Waals surface area contributed by atoms with E-state index in [9.17, 15) is 8.42 Å². The lowest BCUT2D eigenvalue weighted by atomic mass is 10.3. The van der Waals surface area contributed by atoms with Crippen molar-refractivity contribution < 1.29 is 8.42 Å². The van der Waals surface area contributed by atoms with E-state index >= 15 is 0 Å². The van der Waals surface area contributed by atoms with E-state index in [4.69, 9.17) is 5.14 Å². The van der Waals surface area contributed by atoms with Crippen LogP contribution in [0, 0.1) is 0 Å². The zero-order valence-electron chi connectivity index (χ0n) is 15.3. The van der Waals surface area contributed by atoms with E-state index in [1.54, 1.807) is 35.9 Å². The Morgan fingerprint density at radius 1 is 1.21 bits per heavy atom. The zero-order chi connectivity index (χ0) is 20.1. The molecule has 0 radical (unpaired) electrons. The van der Waals surface area contributed by atoms with Gasteiger partial charge in [0.05, 0.1) is 11.1 Å². The summed E-state index contributed by atoms with van der Waals surface area (Å²) in [6.07, 6.45) is 3.40. The number of anilines is 3. The van der Waals surface area contributed by atoms with Crippen molar-refractivity contribution in [3.05, 3.63) is 52.9 Å². The maximum absolute atomic E-state index is 11.3. The average Bonchev–Trinajstić information content (AvgIpc) is 3.14. The molecule has 146 valence electrons. The smallest absolute Gasteiger partial charge is 0.238 e. The number of aliphatic imine (C=N–C) groups is 1. The first-order valence-corrected chi connectivity index (χ1v) is 10.8. The minimum atomic E-state index is -3.73. The molecule has 10 heteroatoms. The van der Waals surface area contributed by atoms with Gasteiger partial charge in [0.15, 0.2) is 5.82 Å². The minimum Gasteiger partial charge on any atom is -0.366 e. The number of hydrogen-bond acceptors (Lipinski definition) is 8. The maximum atomic E-state index is 11.3. The summed E-state index contributed by atoms with van der Waals surface area (Å²) in [4.78, 5) is 14.3. The monoisotopic (exact) mass is 416 g/mol. The summed E-state index contributed by atoms with van der Waals surface area (Å²) in [5.41, 5.74) is 1.26. The quantitative estimate of drug-likeness (QED) is 0.507. The summed E-state index contributed by atoms with van der Waals surface area (Å²) in [6, 6.07) is 10.1. The molecule has 2 heterocycles. The third-order valence-corrected chi connectivity index (χ3v) is 5.24. The summed E-state index contributed by atoms with van der Waals surface area (Å²) < 4.78 is 22.7. The van der Waals surface area contributed by atoms with Crippen LogP contribution in [0.1, 0.15) is 18.7 Å². The predicted octanol–water partition coefficient (Wildman–Crippen LogP) is 3.50. The minimum absolute atomic E-state index is 0.0411. The molecule has 28 heavy (non-hydrogen) atoms. The Hall–Kier alpha value is -2.82. The first kappa shape index (κ1) is 19.9. The van der Waals surface area contributed by atoms with Crippen molar-refractivity contribution in [3.8, 4) is 0 Å². The summed E-state index contributed by atoms with van der Waals surface area (Å²) in [6.45, 7) is 4.02. The number of hydrogen-bond donors (Lipinski definition) is 3. The molecule has 0 aliphatic rings. The lowest BCUT2D eigenvalue weighted by Gasteiger charge is -2.13. The van der Waals surface area contributed by atoms with Gasteiger partial charge in [0.1, 0.15) is 5.69 Å². The number of nitrogens with zero attached hydrogens (tertiary/aromatic N) is 3. The molecule has 0 aliphatic heterocycles. The standard InChI is InChI=1S/C18H20N6O2S2/c1-12(2)22-17-16(20-10-14-4-3-9-27-14)11-21-18(24-17)23-13-5-7-15(8-6-13)28(19,25)26/h3-12H,1-2H3,(H2,19,25,26)(H2,21,22,23,24). The molecule has 0 saturated heterocycles. The fourth-order valence-corrected chi connectivity index (χ4v) is 3.37. The predicted molar refractivity (Wildman–Crippen MR) is 113 cm³/mol. The molecule has 1 aromatic carbocycles. The highest BCUT2D eigenvalue weighted by atomic mass is 32.2. The average molecular weight is 417 g/mol. The van der Waals surface area contributed by atoms with Crippen LogP contribution in [-0.2, 0) is 10.0 Å². The van der Waals surface area contributed by atoms with Crippen LogP contribution in [-0.4, -0.2) is 30.6 Å². The van der Waals surface area contributed by atoms with Gasteiger partial charge in [-0.05, 0) is 49.6 Å². The Bertz CT molecular complexity index is 1060. The Balaban J connectivity index is 1.83. The second kappa shape index (κ2) is 8.46. The topological polar surface area (TPSA) is 122 Å². The normalized spacial score (nSPS) is 11.9. The van der Waals surface area contributed by atoms with Crippen LogP contribution in [0.3, 0.4) is 0 Å². The number of primary sulfonamides is 1. The highest BCUT2D eigenvalue weighted by molar-refractivity contribution is 7.89. The highest BCUT2D eigenvalue weighted by Crippen LogP contribution is 2.25. The van der Waals surface area contributed by atoms with Gasteiger partial charge in [0.25, 0.3) is 0 Å². The fraction of sp³-hybridized carbons (Fsp3) is 0.167. The molecule has 0 spiro atoms. The molecule has 0 fully saturated rings. The molecule has 3 aromatic rings. The second-order valence-corrected chi connectivity index (χ2v) is 8.74. The number of sulfonamides is 1. The van der Waals surface area contributed by atoms with Gasteiger partial charge < -0.3 is 10.6 Å². The van der Waals surface area contributed by atoms with Crippen molar-refractivity contribution in [3.63, 3.8) is 0 Å². The molecule has 0 bridgehead atoms. The van der Waals surface area contributed by atoms with E-state index in [1.165, 1.54) is 12.1 Å². The third kappa shape index (κ3) is 5.35. The van der Waals surface area contributed by atoms with Gasteiger partial charge in [0.2, 0.25) is 16.0 Å². The first-order chi connectivity index (χ1) is 13.3. The van der Waals surface area contributed by atoms with Crippen LogP contribution in [0.4, 0.5) is 23.1 Å². The van der Waals surface area contributed by atoms with Crippen LogP contribution in [0.15, 0.2) is 57.9 Å². The molecule has 8 nitrogen and oxygen atoms in total. The highest BCUT2D eigenvalue weighted by Gasteiger charge is 2.10. The number of thiophene rings is 1. The van der Waals surface area contributed by atoms with Crippen LogP contribution in [0.25, 0.3) is 0 Å². The van der Waals surface area contributed by atoms with Crippen molar-refractivity contribution in [2.75, 3.05) is 10.6 Å². The van der Waals surface area contributed by atoms with E-state index in [1.807, 2.05) is 31.4 Å². The van der Waals surface area contributed by atoms with E-state index in [0.29, 0.717) is 23.1 Å². The van der Waals surface area contributed by atoms with Crippen molar-refractivity contribution in [2.45, 2.75) is 24.8 Å². The molecule has 4 N–H and O–H groups in total. The Kier molecular flexibility index (Phi) is 6.02. The Morgan fingerprint density at radius 3 is 2.57 bits per heavy atom. The lowest BCUT2D eigenvalue weighted by Crippen LogP contribution is -2.12. The molecule has 0 aliphatic carbocycles. The molecule has 0 saturated carbocycles. The SMILES string of the molecule is CC(C)Nc1nc(Nc2ccc(S(N)(=O)=O)cc2)ncc1N=Cc1cccs1. The fourth-order valence-electron chi connectivity index (χ4n) is 2.26. The van der Waals surface area contributed by atoms with Gasteiger partial charge in [-0.3, -0.25) is 0 Å². The van der Waals surface area contributed by atoms with E-state index in [-0.39, 0.29) is 10.9 Å². The number of aromatic nitrogens is 2. The molecule has 0 amide bonds. The Labute approximate surface area is 167 Å². The van der Waals surface area contributed by atoms with E-state index < -0.39 is 10.0 Å². The van der Waals surface area contributed by atoms with Gasteiger partial charge in [-0.15, -0.1) is 11.3 Å². The Morgan fingerprint density at radius 2 is 1.96 bits per heavy atom. The number of nitrogens with one attached hydrogen (secondary N) is 2. The number of benzene rings is 1. The third-order valence-electron chi connectivity index (χ3n) is 3.51. The zero-order valence-corrected chi connectivity index (χ0v) is 17.0. The molecular formula is C18H20N6O2S2. The first-order valence-electron chi connectivity index (χ1n) is 8.42. The van der Waals surface area contributed by atoms with Gasteiger partial charge in [-0.1, -0.05) is 6.07 Å². The number of nitrogens with two attached hydrogens (primary N) is 1. The van der Waals surface area contributed by atoms with Crippen molar-refractivity contribution >= 4 is 50.7 Å². The summed E-state index contributed by atoms with van der Waals surface area (Å²) in [7, 11) is -3.73. The molecule has 0 atom stereocenters. The maximum Gasteiger partial charge on any atom is 0.238 e. The lowest BCUT2D eigenvalue weighted by molar-refractivity contribution is 0.598. The van der Waals surface area contributed by atoms with Crippen LogP contribution in [0.2, 0.25) is 0 Å². The van der Waals surface area contributed by atoms with Crippen LogP contribution >= 0.6 is 11.3 Å². The van der Waals surface area contributed by atoms with E-state index in [2.05, 4.69) is 25.6 Å². The van der Waals surface area contributed by atoms with Crippen LogP contribution < -0.4 is 15.8 Å². The van der Waals surface area contributed by atoms with Crippen LogP contribution in [0.5, 0.6) is 0 Å². The van der Waals surface area contributed by atoms with Crippen molar-refractivity contribution in [1.82, 2.24) is 9.97 Å². The molecule has 3 rings (SSSR count). The second-order valence-electron chi connectivity index (χ2n) is 6.19. The van der Waals surface area contributed by atoms with Gasteiger partial charge in [0, 0.05) is 22.8 Å². The largest absolute Gasteiger partial charge is 0.366 e. The summed E-state index contributed by atoms with van der Waals surface area (Å²) in [5, 5.41) is 13.4. The summed E-state index contributed by atoms with van der Waals surface area (Å²) in [5.74, 6) is 0.961. The molecular weight excluding hydrogens is 396 g/mol. The molecule has 2 aromatic heterocycles. The summed E-state index contributed by atoms with van der Waals surface area (Å²) >= 11 is 1.60. The van der Waals surface area contributed by atoms with Crippen molar-refractivity contribution in [2.24, 2.45) is 10.1 Å².